The first-order chi connectivity index (χ1) is 7.15. The lowest BCUT2D eigenvalue weighted by Gasteiger charge is -2.00. The van der Waals surface area contributed by atoms with E-state index < -0.39 is 0 Å². The highest BCUT2D eigenvalue weighted by molar-refractivity contribution is 5.94. The summed E-state index contributed by atoms with van der Waals surface area (Å²) in [4.78, 5) is 27.4. The molecule has 15 heavy (non-hydrogen) atoms. The van der Waals surface area contributed by atoms with Crippen LogP contribution in [0.3, 0.4) is 0 Å². The maximum absolute atomic E-state index is 11.2. The molecule has 0 radical (unpaired) electrons. The van der Waals surface area contributed by atoms with E-state index in [-0.39, 0.29) is 17.8 Å². The lowest BCUT2D eigenvalue weighted by molar-refractivity contribution is -0.191. The molecule has 0 spiro atoms. The van der Waals surface area contributed by atoms with Crippen LogP contribution >= 0.6 is 0 Å². The minimum atomic E-state index is -0.113. The summed E-state index contributed by atoms with van der Waals surface area (Å²) in [5.41, 5.74) is 0.564. The van der Waals surface area contributed by atoms with Crippen molar-refractivity contribution in [3.63, 3.8) is 0 Å². The van der Waals surface area contributed by atoms with Crippen LogP contribution in [-0.2, 0) is 9.59 Å². The van der Waals surface area contributed by atoms with Gasteiger partial charge in [0.25, 0.3) is 5.91 Å². The van der Waals surface area contributed by atoms with E-state index in [9.17, 15) is 4.79 Å². The largest absolute Gasteiger partial charge is 0.508 e. The molecule has 1 aromatic carbocycles. The van der Waals surface area contributed by atoms with Gasteiger partial charge in [0.15, 0.2) is 0 Å². The van der Waals surface area contributed by atoms with Gasteiger partial charge in [-0.25, -0.2) is 0 Å². The molecule has 0 atom stereocenters. The van der Waals surface area contributed by atoms with Crippen molar-refractivity contribution in [3.05, 3.63) is 29.8 Å². The molecule has 0 aliphatic rings. The molecule has 5 nitrogen and oxygen atoms in total. The fourth-order valence-corrected chi connectivity index (χ4v) is 0.875. The summed E-state index contributed by atoms with van der Waals surface area (Å²) >= 11 is 0. The quantitative estimate of drug-likeness (QED) is 0.745. The van der Waals surface area contributed by atoms with E-state index in [0.717, 1.165) is 0 Å². The summed E-state index contributed by atoms with van der Waals surface area (Å²) < 4.78 is 0. The molecule has 0 heterocycles. The summed E-state index contributed by atoms with van der Waals surface area (Å²) in [7, 11) is 0. The summed E-state index contributed by atoms with van der Waals surface area (Å²) in [6.07, 6.45) is 0.250. The Morgan fingerprint density at radius 2 is 1.80 bits per heavy atom. The molecule has 80 valence electrons. The number of amides is 1. The molecule has 2 N–H and O–H groups in total. The molecule has 0 bridgehead atoms. The second-order valence-corrected chi connectivity index (χ2v) is 2.49. The Hall–Kier alpha value is -2.13. The van der Waals surface area contributed by atoms with Gasteiger partial charge >= 0.3 is 6.15 Å². The smallest absolute Gasteiger partial charge is 0.373 e. The lowest BCUT2D eigenvalue weighted by Crippen LogP contribution is -2.22. The Bertz CT molecular complexity index is 339. The number of nitrogens with one attached hydrogen (secondary N) is 1. The van der Waals surface area contributed by atoms with E-state index in [0.29, 0.717) is 12.1 Å². The number of carbonyl (C=O) groups is 1. The van der Waals surface area contributed by atoms with Gasteiger partial charge in [-0.05, 0) is 31.2 Å². The fourth-order valence-electron chi connectivity index (χ4n) is 0.875. The first-order valence-corrected chi connectivity index (χ1v) is 4.22. The van der Waals surface area contributed by atoms with Crippen molar-refractivity contribution in [2.45, 2.75) is 6.92 Å². The summed E-state index contributed by atoms with van der Waals surface area (Å²) in [5, 5.41) is 11.6. The SMILES string of the molecule is CCNC(=O)c1ccc(O)cc1.O=C=O. The van der Waals surface area contributed by atoms with Crippen molar-refractivity contribution in [3.8, 4) is 5.75 Å². The van der Waals surface area contributed by atoms with Crippen LogP contribution in [0.15, 0.2) is 24.3 Å². The number of hydrogen-bond donors (Lipinski definition) is 2. The second kappa shape index (κ2) is 7.29. The van der Waals surface area contributed by atoms with Crippen LogP contribution in [0.5, 0.6) is 5.75 Å². The van der Waals surface area contributed by atoms with Crippen molar-refractivity contribution in [2.24, 2.45) is 0 Å². The van der Waals surface area contributed by atoms with E-state index in [2.05, 4.69) is 5.32 Å². The van der Waals surface area contributed by atoms with E-state index in [1.54, 1.807) is 12.1 Å². The molecule has 1 amide bonds. The summed E-state index contributed by atoms with van der Waals surface area (Å²) in [5.74, 6) is 0.0561. The van der Waals surface area contributed by atoms with Gasteiger partial charge in [0.1, 0.15) is 5.75 Å². The average Bonchev–Trinajstić information content (AvgIpc) is 2.20. The van der Waals surface area contributed by atoms with E-state index >= 15 is 0 Å². The zero-order valence-electron chi connectivity index (χ0n) is 8.19. The monoisotopic (exact) mass is 209 g/mol. The molecular weight excluding hydrogens is 198 g/mol. The zero-order chi connectivity index (χ0) is 11.7. The molecule has 0 saturated heterocycles. The number of phenolic OH excluding ortho intramolecular Hbond substituents is 1. The van der Waals surface area contributed by atoms with E-state index in [1.807, 2.05) is 6.92 Å². The van der Waals surface area contributed by atoms with Gasteiger partial charge in [-0.1, -0.05) is 0 Å². The number of hydrogen-bond acceptors (Lipinski definition) is 4. The third-order valence-electron chi connectivity index (χ3n) is 1.47. The maximum Gasteiger partial charge on any atom is 0.373 e. The fraction of sp³-hybridized carbons (Fsp3) is 0.200. The number of aromatic hydroxyl groups is 1. The number of benzene rings is 1. The minimum Gasteiger partial charge on any atom is -0.508 e. The second-order valence-electron chi connectivity index (χ2n) is 2.49. The van der Waals surface area contributed by atoms with Crippen LogP contribution in [0, 0.1) is 0 Å². The molecule has 1 aromatic rings. The molecule has 0 unspecified atom stereocenters. The van der Waals surface area contributed by atoms with Crippen molar-refractivity contribution in [1.82, 2.24) is 5.32 Å². The predicted octanol–water partition coefficient (Wildman–Crippen LogP) is 0.558. The molecule has 0 aliphatic carbocycles. The Labute approximate surface area is 86.7 Å². The Morgan fingerprint density at radius 1 is 1.33 bits per heavy atom. The van der Waals surface area contributed by atoms with Crippen LogP contribution in [0.4, 0.5) is 0 Å². The zero-order valence-corrected chi connectivity index (χ0v) is 8.19. The van der Waals surface area contributed by atoms with Crippen molar-refractivity contribution in [1.29, 1.82) is 0 Å². The van der Waals surface area contributed by atoms with Gasteiger partial charge < -0.3 is 10.4 Å². The van der Waals surface area contributed by atoms with Crippen molar-refractivity contribution >= 4 is 12.1 Å². The average molecular weight is 209 g/mol. The minimum absolute atomic E-state index is 0.113. The molecule has 1 rings (SSSR count). The maximum atomic E-state index is 11.2. The van der Waals surface area contributed by atoms with Gasteiger partial charge in [0.05, 0.1) is 0 Å². The van der Waals surface area contributed by atoms with E-state index in [4.69, 9.17) is 14.7 Å². The third-order valence-corrected chi connectivity index (χ3v) is 1.47. The molecule has 0 fully saturated rings. The van der Waals surface area contributed by atoms with Crippen LogP contribution in [0.2, 0.25) is 0 Å². The van der Waals surface area contributed by atoms with Gasteiger partial charge in [0, 0.05) is 12.1 Å². The van der Waals surface area contributed by atoms with Gasteiger partial charge in [-0.2, -0.15) is 9.59 Å². The number of carbonyl (C=O) groups excluding carboxylic acids is 3. The van der Waals surface area contributed by atoms with Gasteiger partial charge in [-0.15, -0.1) is 0 Å². The van der Waals surface area contributed by atoms with Gasteiger partial charge in [-0.3, -0.25) is 4.79 Å². The number of rotatable bonds is 2. The summed E-state index contributed by atoms with van der Waals surface area (Å²) in [6, 6.07) is 6.15. The highest BCUT2D eigenvalue weighted by atomic mass is 16.3. The predicted molar refractivity (Wildman–Crippen MR) is 51.1 cm³/mol. The van der Waals surface area contributed by atoms with Crippen LogP contribution in [-0.4, -0.2) is 23.7 Å². The van der Waals surface area contributed by atoms with Crippen LogP contribution in [0.1, 0.15) is 17.3 Å². The molecule has 0 aromatic heterocycles. The van der Waals surface area contributed by atoms with Crippen LogP contribution < -0.4 is 5.32 Å². The van der Waals surface area contributed by atoms with Crippen LogP contribution in [0.25, 0.3) is 0 Å². The highest BCUT2D eigenvalue weighted by Gasteiger charge is 2.01. The highest BCUT2D eigenvalue weighted by Crippen LogP contribution is 2.08. The van der Waals surface area contributed by atoms with E-state index in [1.165, 1.54) is 12.1 Å². The molecule has 0 aliphatic heterocycles. The molecule has 0 saturated carbocycles. The van der Waals surface area contributed by atoms with Gasteiger partial charge in [0.2, 0.25) is 0 Å². The molecule has 5 heteroatoms. The van der Waals surface area contributed by atoms with Crippen molar-refractivity contribution < 1.29 is 19.5 Å². The Morgan fingerprint density at radius 3 is 2.20 bits per heavy atom. The normalized spacial score (nSPS) is 8.07. The molecular formula is C10H11NO4. The number of phenols is 1. The van der Waals surface area contributed by atoms with Crippen molar-refractivity contribution in [2.75, 3.05) is 6.54 Å². The summed E-state index contributed by atoms with van der Waals surface area (Å²) in [6.45, 7) is 2.47. The third kappa shape index (κ3) is 5.23. The first-order valence-electron chi connectivity index (χ1n) is 4.22. The topological polar surface area (TPSA) is 83.5 Å². The Kier molecular flexibility index (Phi) is 6.26. The Balaban J connectivity index is 0.000000583. The first kappa shape index (κ1) is 12.9. The lowest BCUT2D eigenvalue weighted by atomic mass is 10.2. The standard InChI is InChI=1S/C9H11NO2.CO2/c1-2-10-9(12)7-3-5-8(11)6-4-7;2-1-3/h3-6,11H,2H2,1H3,(H,10,12);.